The molecule has 0 bridgehead atoms. The van der Waals surface area contributed by atoms with Crippen LogP contribution in [0.3, 0.4) is 0 Å². The number of pyridine rings is 1. The summed E-state index contributed by atoms with van der Waals surface area (Å²) in [5.74, 6) is 1.97. The third kappa shape index (κ3) is 5.52. The fourth-order valence-corrected chi connectivity index (χ4v) is 3.82. The minimum atomic E-state index is -3.39. The number of hydrogen-bond acceptors (Lipinski definition) is 8. The lowest BCUT2D eigenvalue weighted by molar-refractivity contribution is 0.130. The number of aliphatic hydroxyl groups excluding tert-OH is 1. The van der Waals surface area contributed by atoms with Gasteiger partial charge in [-0.05, 0) is 50.2 Å². The third-order valence-electron chi connectivity index (χ3n) is 4.72. The Bertz CT molecular complexity index is 1270. The van der Waals surface area contributed by atoms with Crippen LogP contribution >= 0.6 is 0 Å². The molecule has 0 saturated carbocycles. The Kier molecular flexibility index (Phi) is 6.39. The molecular formula is C23H25N3O6S. The van der Waals surface area contributed by atoms with Crippen LogP contribution < -0.4 is 9.47 Å². The molecule has 1 aliphatic rings. The Labute approximate surface area is 192 Å². The first kappa shape index (κ1) is 22.8. The monoisotopic (exact) mass is 471 g/mol. The third-order valence-corrected chi connectivity index (χ3v) is 5.73. The predicted molar refractivity (Wildman–Crippen MR) is 123 cm³/mol. The van der Waals surface area contributed by atoms with Gasteiger partial charge in [-0.15, -0.1) is 0 Å². The molecule has 1 atom stereocenters. The molecule has 0 saturated heterocycles. The molecule has 1 aromatic carbocycles. The van der Waals surface area contributed by atoms with E-state index >= 15 is 0 Å². The molecule has 2 aromatic heterocycles. The van der Waals surface area contributed by atoms with Crippen molar-refractivity contribution in [3.63, 3.8) is 0 Å². The minimum Gasteiger partial charge on any atom is -0.491 e. The summed E-state index contributed by atoms with van der Waals surface area (Å²) in [4.78, 5) is 11.6. The number of rotatable bonds is 8. The molecule has 9 nitrogen and oxygen atoms in total. The quantitative estimate of drug-likeness (QED) is 0.517. The number of sulfone groups is 1. The first-order valence-corrected chi connectivity index (χ1v) is 12.3. The number of aliphatic imine (C=N–C) groups is 1. The molecule has 0 spiro atoms. The number of aromatic nitrogens is 2. The Hall–Kier alpha value is -3.37. The fourth-order valence-electron chi connectivity index (χ4n) is 3.26. The van der Waals surface area contributed by atoms with Crippen molar-refractivity contribution in [2.75, 3.05) is 19.4 Å². The number of hydrogen-bond donors (Lipinski definition) is 2. The topological polar surface area (TPSA) is 123 Å². The summed E-state index contributed by atoms with van der Waals surface area (Å²) < 4.78 is 40.7. The molecule has 4 rings (SSSR count). The summed E-state index contributed by atoms with van der Waals surface area (Å²) in [6, 6.07) is 12.2. The molecule has 0 unspecified atom stereocenters. The number of nitrogens with zero attached hydrogens (tertiary/aromatic N) is 2. The van der Waals surface area contributed by atoms with Crippen molar-refractivity contribution in [3.05, 3.63) is 54.4 Å². The Morgan fingerprint density at radius 2 is 1.88 bits per heavy atom. The average molecular weight is 472 g/mol. The number of aromatic amines is 1. The molecule has 0 fully saturated rings. The minimum absolute atomic E-state index is 0.0215. The molecular weight excluding hydrogens is 446 g/mol. The molecule has 0 aliphatic carbocycles. The van der Waals surface area contributed by atoms with Gasteiger partial charge in [-0.2, -0.15) is 0 Å². The summed E-state index contributed by atoms with van der Waals surface area (Å²) >= 11 is 0. The van der Waals surface area contributed by atoms with Gasteiger partial charge in [0.1, 0.15) is 29.0 Å². The van der Waals surface area contributed by atoms with Crippen LogP contribution in [-0.2, 0) is 14.6 Å². The van der Waals surface area contributed by atoms with Crippen LogP contribution in [0.1, 0.15) is 19.5 Å². The van der Waals surface area contributed by atoms with Gasteiger partial charge in [-0.25, -0.2) is 18.4 Å². The van der Waals surface area contributed by atoms with E-state index in [4.69, 9.17) is 14.2 Å². The SMILES string of the molecule is CC(C)Oc1cc(Oc2ccc(S(C)(=O)=O)nc2)cc(-c2ccc(C3=NC[C@H](CO)O3)[nH]2)c1. The number of ether oxygens (including phenoxy) is 3. The van der Waals surface area contributed by atoms with Gasteiger partial charge in [0.15, 0.2) is 14.9 Å². The Balaban J connectivity index is 1.62. The molecule has 3 heterocycles. The maximum absolute atomic E-state index is 11.6. The van der Waals surface area contributed by atoms with Gasteiger partial charge in [0.2, 0.25) is 5.90 Å². The van der Waals surface area contributed by atoms with Crippen LogP contribution in [0.2, 0.25) is 0 Å². The highest BCUT2D eigenvalue weighted by Gasteiger charge is 2.21. The van der Waals surface area contributed by atoms with Gasteiger partial charge in [0, 0.05) is 23.6 Å². The van der Waals surface area contributed by atoms with Crippen LogP contribution in [0.25, 0.3) is 11.3 Å². The second-order valence-electron chi connectivity index (χ2n) is 7.92. The van der Waals surface area contributed by atoms with Crippen molar-refractivity contribution < 1.29 is 27.7 Å². The van der Waals surface area contributed by atoms with E-state index < -0.39 is 9.84 Å². The highest BCUT2D eigenvalue weighted by Crippen LogP contribution is 2.33. The second kappa shape index (κ2) is 9.24. The maximum Gasteiger partial charge on any atom is 0.233 e. The van der Waals surface area contributed by atoms with Gasteiger partial charge in [-0.3, -0.25) is 0 Å². The summed E-state index contributed by atoms with van der Waals surface area (Å²) in [7, 11) is -3.39. The molecule has 10 heteroatoms. The molecule has 3 aromatic rings. The highest BCUT2D eigenvalue weighted by molar-refractivity contribution is 7.90. The normalized spacial score (nSPS) is 15.9. The molecule has 0 amide bonds. The van der Waals surface area contributed by atoms with Crippen LogP contribution in [0.15, 0.2) is 58.7 Å². The van der Waals surface area contributed by atoms with Crippen LogP contribution in [-0.4, -0.2) is 61.0 Å². The fraction of sp³-hybridized carbons (Fsp3) is 0.304. The number of benzene rings is 1. The number of H-pyrrole nitrogens is 1. The van der Waals surface area contributed by atoms with Crippen molar-refractivity contribution in [1.82, 2.24) is 9.97 Å². The first-order chi connectivity index (χ1) is 15.7. The van der Waals surface area contributed by atoms with Crippen molar-refractivity contribution in [1.29, 1.82) is 0 Å². The predicted octanol–water partition coefficient (Wildman–Crippen LogP) is 3.20. The first-order valence-electron chi connectivity index (χ1n) is 10.4. The lowest BCUT2D eigenvalue weighted by atomic mass is 10.1. The van der Waals surface area contributed by atoms with Gasteiger partial charge >= 0.3 is 0 Å². The van der Waals surface area contributed by atoms with Crippen molar-refractivity contribution >= 4 is 15.7 Å². The zero-order chi connectivity index (χ0) is 23.6. The van der Waals surface area contributed by atoms with Crippen molar-refractivity contribution in [3.8, 4) is 28.5 Å². The zero-order valence-electron chi connectivity index (χ0n) is 18.5. The van der Waals surface area contributed by atoms with Crippen LogP contribution in [0.5, 0.6) is 17.2 Å². The highest BCUT2D eigenvalue weighted by atomic mass is 32.2. The van der Waals surface area contributed by atoms with E-state index in [1.54, 1.807) is 12.1 Å². The van der Waals surface area contributed by atoms with Gasteiger partial charge in [0.05, 0.1) is 25.5 Å². The molecule has 33 heavy (non-hydrogen) atoms. The smallest absolute Gasteiger partial charge is 0.233 e. The Morgan fingerprint density at radius 3 is 2.52 bits per heavy atom. The molecule has 2 N–H and O–H groups in total. The second-order valence-corrected chi connectivity index (χ2v) is 9.88. The molecule has 174 valence electrons. The van der Waals surface area contributed by atoms with E-state index in [2.05, 4.69) is 15.0 Å². The summed E-state index contributed by atoms with van der Waals surface area (Å²) in [5, 5.41) is 9.23. The summed E-state index contributed by atoms with van der Waals surface area (Å²) in [6.07, 6.45) is 2.11. The van der Waals surface area contributed by atoms with Crippen LogP contribution in [0, 0.1) is 0 Å². The standard InChI is InChI=1S/C23H25N3O6S/c1-14(2)30-17-8-15(20-5-6-21(26-20)23-25-12-19(13-27)32-23)9-18(10-17)31-16-4-7-22(24-11-16)33(3,28)29/h4-11,14,19,26-27H,12-13H2,1-3H3/t19-/m1/s1. The van der Waals surface area contributed by atoms with Crippen molar-refractivity contribution in [2.24, 2.45) is 4.99 Å². The van der Waals surface area contributed by atoms with Crippen molar-refractivity contribution in [2.45, 2.75) is 31.1 Å². The largest absolute Gasteiger partial charge is 0.491 e. The van der Waals surface area contributed by atoms with E-state index in [0.29, 0.717) is 35.4 Å². The van der Waals surface area contributed by atoms with Gasteiger partial charge in [0.25, 0.3) is 0 Å². The van der Waals surface area contributed by atoms with E-state index in [9.17, 15) is 13.5 Å². The maximum atomic E-state index is 11.6. The van der Waals surface area contributed by atoms with Gasteiger partial charge < -0.3 is 24.3 Å². The summed E-state index contributed by atoms with van der Waals surface area (Å²) in [6.45, 7) is 4.19. The van der Waals surface area contributed by atoms with Crippen LogP contribution in [0.4, 0.5) is 0 Å². The Morgan fingerprint density at radius 1 is 1.12 bits per heavy atom. The lowest BCUT2D eigenvalue weighted by Gasteiger charge is -2.14. The zero-order valence-corrected chi connectivity index (χ0v) is 19.3. The lowest BCUT2D eigenvalue weighted by Crippen LogP contribution is -2.17. The number of nitrogens with one attached hydrogen (secondary N) is 1. The summed E-state index contributed by atoms with van der Waals surface area (Å²) in [5.41, 5.74) is 2.32. The molecule has 0 radical (unpaired) electrons. The van der Waals surface area contributed by atoms with E-state index in [0.717, 1.165) is 17.5 Å². The van der Waals surface area contributed by atoms with E-state index in [1.807, 2.05) is 38.1 Å². The average Bonchev–Trinajstić information content (AvgIpc) is 3.42. The molecule has 1 aliphatic heterocycles. The number of aliphatic hydroxyl groups is 1. The van der Waals surface area contributed by atoms with E-state index in [-0.39, 0.29) is 23.8 Å². The van der Waals surface area contributed by atoms with E-state index in [1.165, 1.54) is 12.3 Å². The van der Waals surface area contributed by atoms with Gasteiger partial charge in [-0.1, -0.05) is 0 Å².